The molecule has 0 aliphatic carbocycles. The van der Waals surface area contributed by atoms with E-state index in [1.165, 1.54) is 0 Å². The van der Waals surface area contributed by atoms with Crippen LogP contribution in [0.25, 0.3) is 0 Å². The van der Waals surface area contributed by atoms with Crippen molar-refractivity contribution in [3.8, 4) is 0 Å². The van der Waals surface area contributed by atoms with Crippen molar-refractivity contribution >= 4 is 0 Å². The highest BCUT2D eigenvalue weighted by atomic mass is 16.3. The molecule has 0 radical (unpaired) electrons. The van der Waals surface area contributed by atoms with Crippen molar-refractivity contribution < 1.29 is 5.11 Å². The average molecular weight is 115 g/mol. The fourth-order valence-corrected chi connectivity index (χ4v) is 1.20. The molecule has 48 valence electrons. The maximum atomic E-state index is 9.30. The maximum absolute atomic E-state index is 9.30. The number of hydrogen-bond acceptors (Lipinski definition) is 2. The fourth-order valence-electron chi connectivity index (χ4n) is 1.20. The Morgan fingerprint density at radius 3 is 2.50 bits per heavy atom. The van der Waals surface area contributed by atoms with Crippen LogP contribution in [0.4, 0.5) is 0 Å². The van der Waals surface area contributed by atoms with Crippen LogP contribution in [0.15, 0.2) is 0 Å². The van der Waals surface area contributed by atoms with Crippen LogP contribution in [-0.2, 0) is 0 Å². The summed E-state index contributed by atoms with van der Waals surface area (Å²) in [6.45, 7) is 4.69. The normalized spacial score (nSPS) is 47.6. The van der Waals surface area contributed by atoms with Crippen molar-refractivity contribution in [3.05, 3.63) is 0 Å². The number of rotatable bonds is 0. The predicted molar refractivity (Wildman–Crippen MR) is 32.7 cm³/mol. The van der Waals surface area contributed by atoms with Crippen molar-refractivity contribution in [3.63, 3.8) is 0 Å². The van der Waals surface area contributed by atoms with Gasteiger partial charge in [-0.1, -0.05) is 0 Å². The van der Waals surface area contributed by atoms with E-state index in [1.807, 2.05) is 6.92 Å². The summed E-state index contributed by atoms with van der Waals surface area (Å²) in [6, 6.07) is 0.491. The van der Waals surface area contributed by atoms with E-state index < -0.39 is 5.60 Å². The van der Waals surface area contributed by atoms with Crippen LogP contribution in [0, 0.1) is 0 Å². The molecule has 0 spiro atoms. The standard InChI is InChI=1S/C6H13NO/c1-5-3-6(2,8)4-7-5/h5,7-8H,3-4H2,1-2H3/t5-,6?/m1/s1. The first kappa shape index (κ1) is 6.05. The third-order valence-corrected chi connectivity index (χ3v) is 1.58. The van der Waals surface area contributed by atoms with Gasteiger partial charge in [-0.15, -0.1) is 0 Å². The molecule has 1 heterocycles. The van der Waals surface area contributed by atoms with E-state index in [0.29, 0.717) is 6.04 Å². The molecular formula is C6H13NO. The molecule has 1 fully saturated rings. The number of β-amino-alcohol motifs (C(OH)–C–C–N with tert-alkyl or cyclic N) is 1. The van der Waals surface area contributed by atoms with Gasteiger partial charge in [0.2, 0.25) is 0 Å². The molecule has 8 heavy (non-hydrogen) atoms. The van der Waals surface area contributed by atoms with E-state index >= 15 is 0 Å². The number of aliphatic hydroxyl groups is 1. The van der Waals surface area contributed by atoms with Crippen LogP contribution < -0.4 is 5.32 Å². The van der Waals surface area contributed by atoms with Crippen LogP contribution in [0.3, 0.4) is 0 Å². The monoisotopic (exact) mass is 115 g/mol. The summed E-state index contributed by atoms with van der Waals surface area (Å²) < 4.78 is 0. The maximum Gasteiger partial charge on any atom is 0.0758 e. The van der Waals surface area contributed by atoms with Crippen molar-refractivity contribution in [2.24, 2.45) is 0 Å². The molecule has 0 aromatic rings. The minimum Gasteiger partial charge on any atom is -0.389 e. The summed E-state index contributed by atoms with van der Waals surface area (Å²) in [7, 11) is 0. The summed E-state index contributed by atoms with van der Waals surface area (Å²) in [5.41, 5.74) is -0.445. The molecule has 0 aromatic carbocycles. The van der Waals surface area contributed by atoms with Crippen molar-refractivity contribution in [1.29, 1.82) is 0 Å². The Hall–Kier alpha value is -0.0800. The van der Waals surface area contributed by atoms with Crippen molar-refractivity contribution in [2.45, 2.75) is 31.9 Å². The lowest BCUT2D eigenvalue weighted by molar-refractivity contribution is 0.0798. The van der Waals surface area contributed by atoms with Gasteiger partial charge >= 0.3 is 0 Å². The summed E-state index contributed by atoms with van der Waals surface area (Å²) in [5.74, 6) is 0. The summed E-state index contributed by atoms with van der Waals surface area (Å²) in [5, 5.41) is 12.5. The largest absolute Gasteiger partial charge is 0.389 e. The van der Waals surface area contributed by atoms with Crippen LogP contribution >= 0.6 is 0 Å². The molecule has 0 amide bonds. The van der Waals surface area contributed by atoms with Gasteiger partial charge in [-0.25, -0.2) is 0 Å². The predicted octanol–water partition coefficient (Wildman–Crippen LogP) is 0.119. The van der Waals surface area contributed by atoms with E-state index in [2.05, 4.69) is 12.2 Å². The van der Waals surface area contributed by atoms with Gasteiger partial charge < -0.3 is 10.4 Å². The Morgan fingerprint density at radius 1 is 1.75 bits per heavy atom. The minimum absolute atomic E-state index is 0.445. The van der Waals surface area contributed by atoms with Crippen LogP contribution in [-0.4, -0.2) is 23.3 Å². The third-order valence-electron chi connectivity index (χ3n) is 1.58. The van der Waals surface area contributed by atoms with Crippen molar-refractivity contribution in [1.82, 2.24) is 5.32 Å². The minimum atomic E-state index is -0.445. The topological polar surface area (TPSA) is 32.3 Å². The summed E-state index contributed by atoms with van der Waals surface area (Å²) in [4.78, 5) is 0. The highest BCUT2D eigenvalue weighted by Gasteiger charge is 2.29. The van der Waals surface area contributed by atoms with Crippen LogP contribution in [0.5, 0.6) is 0 Å². The molecule has 0 saturated carbocycles. The lowest BCUT2D eigenvalue weighted by Gasteiger charge is -2.12. The number of nitrogens with one attached hydrogen (secondary N) is 1. The van der Waals surface area contributed by atoms with Gasteiger partial charge in [-0.2, -0.15) is 0 Å². The van der Waals surface area contributed by atoms with Gasteiger partial charge in [0.1, 0.15) is 0 Å². The second kappa shape index (κ2) is 1.71. The van der Waals surface area contributed by atoms with E-state index in [1.54, 1.807) is 0 Å². The van der Waals surface area contributed by atoms with E-state index in [0.717, 1.165) is 13.0 Å². The third kappa shape index (κ3) is 1.20. The SMILES string of the molecule is C[C@@H]1CC(C)(O)CN1. The van der Waals surface area contributed by atoms with Crippen molar-refractivity contribution in [2.75, 3.05) is 6.54 Å². The van der Waals surface area contributed by atoms with Gasteiger partial charge in [0, 0.05) is 12.6 Å². The van der Waals surface area contributed by atoms with E-state index in [4.69, 9.17) is 0 Å². The second-order valence-corrected chi connectivity index (χ2v) is 2.98. The number of hydrogen-bond donors (Lipinski definition) is 2. The Morgan fingerprint density at radius 2 is 2.38 bits per heavy atom. The van der Waals surface area contributed by atoms with Gasteiger partial charge in [-0.3, -0.25) is 0 Å². The molecule has 1 rings (SSSR count). The zero-order valence-corrected chi connectivity index (χ0v) is 5.44. The first-order valence-electron chi connectivity index (χ1n) is 3.06. The zero-order chi connectivity index (χ0) is 6.20. The second-order valence-electron chi connectivity index (χ2n) is 2.98. The Kier molecular flexibility index (Phi) is 1.29. The molecule has 2 N–H and O–H groups in total. The summed E-state index contributed by atoms with van der Waals surface area (Å²) in [6.07, 6.45) is 0.882. The van der Waals surface area contributed by atoms with Gasteiger partial charge in [0.05, 0.1) is 5.60 Å². The highest BCUT2D eigenvalue weighted by Crippen LogP contribution is 2.16. The lowest BCUT2D eigenvalue weighted by atomic mass is 10.0. The molecule has 1 unspecified atom stereocenters. The van der Waals surface area contributed by atoms with Crippen LogP contribution in [0.1, 0.15) is 20.3 Å². The quantitative estimate of drug-likeness (QED) is 0.470. The molecule has 1 aliphatic heterocycles. The Bertz CT molecular complexity index is 90.5. The summed E-state index contributed by atoms with van der Waals surface area (Å²) >= 11 is 0. The smallest absolute Gasteiger partial charge is 0.0758 e. The average Bonchev–Trinajstić information content (AvgIpc) is 1.82. The first-order chi connectivity index (χ1) is 3.60. The van der Waals surface area contributed by atoms with E-state index in [-0.39, 0.29) is 0 Å². The van der Waals surface area contributed by atoms with E-state index in [9.17, 15) is 5.11 Å². The lowest BCUT2D eigenvalue weighted by Crippen LogP contribution is -2.26. The highest BCUT2D eigenvalue weighted by molar-refractivity contribution is 4.87. The molecular weight excluding hydrogens is 102 g/mol. The fraction of sp³-hybridized carbons (Fsp3) is 1.00. The van der Waals surface area contributed by atoms with Crippen LogP contribution in [0.2, 0.25) is 0 Å². The van der Waals surface area contributed by atoms with Gasteiger partial charge in [0.25, 0.3) is 0 Å². The Labute approximate surface area is 49.9 Å². The van der Waals surface area contributed by atoms with Gasteiger partial charge in [-0.05, 0) is 20.3 Å². The molecule has 1 aliphatic rings. The molecule has 2 nitrogen and oxygen atoms in total. The molecule has 0 bridgehead atoms. The molecule has 1 saturated heterocycles. The molecule has 2 heteroatoms. The van der Waals surface area contributed by atoms with Gasteiger partial charge in [0.15, 0.2) is 0 Å². The molecule has 0 aromatic heterocycles. The Balaban J connectivity index is 2.44. The zero-order valence-electron chi connectivity index (χ0n) is 5.44. The first-order valence-corrected chi connectivity index (χ1v) is 3.06. The molecule has 2 atom stereocenters.